The third kappa shape index (κ3) is 1.77. The van der Waals surface area contributed by atoms with Crippen LogP contribution in [0.25, 0.3) is 0 Å². The Labute approximate surface area is 101 Å². The molecule has 1 saturated heterocycles. The molecule has 92 valence electrons. The van der Waals surface area contributed by atoms with E-state index in [1.807, 2.05) is 6.07 Å². The molecule has 4 heteroatoms. The summed E-state index contributed by atoms with van der Waals surface area (Å²) in [5.41, 5.74) is 8.49. The Balaban J connectivity index is 1.96. The van der Waals surface area contributed by atoms with Gasteiger partial charge in [-0.05, 0) is 31.6 Å². The topological polar surface area (TPSA) is 61.5 Å². The van der Waals surface area contributed by atoms with Crippen LogP contribution in [0.3, 0.4) is 0 Å². The van der Waals surface area contributed by atoms with Gasteiger partial charge in [0.05, 0.1) is 0 Å². The van der Waals surface area contributed by atoms with E-state index in [0.29, 0.717) is 17.7 Å². The summed E-state index contributed by atoms with van der Waals surface area (Å²) >= 11 is 0. The lowest BCUT2D eigenvalue weighted by molar-refractivity contribution is 0.168. The van der Waals surface area contributed by atoms with Crippen molar-refractivity contribution in [2.24, 2.45) is 11.7 Å². The van der Waals surface area contributed by atoms with Gasteiger partial charge in [-0.3, -0.25) is 0 Å². The lowest BCUT2D eigenvalue weighted by Gasteiger charge is -2.44. The summed E-state index contributed by atoms with van der Waals surface area (Å²) in [4.78, 5) is 2.34. The van der Waals surface area contributed by atoms with Crippen LogP contribution >= 0.6 is 0 Å². The lowest BCUT2D eigenvalue weighted by Crippen LogP contribution is -2.51. The fraction of sp³-hybridized carbons (Fsp3) is 0.538. The molecule has 3 unspecified atom stereocenters. The van der Waals surface area contributed by atoms with Gasteiger partial charge in [0, 0.05) is 36.3 Å². The van der Waals surface area contributed by atoms with Crippen LogP contribution in [-0.2, 0) is 0 Å². The molecule has 0 bridgehead atoms. The monoisotopic (exact) mass is 233 g/mol. The predicted octanol–water partition coefficient (Wildman–Crippen LogP) is 1.14. The van der Waals surface area contributed by atoms with Gasteiger partial charge < -0.3 is 21.1 Å². The molecule has 0 spiro atoms. The molecule has 0 saturated carbocycles. The van der Waals surface area contributed by atoms with Crippen LogP contribution in [0.2, 0.25) is 0 Å². The van der Waals surface area contributed by atoms with Crippen LogP contribution in [0.5, 0.6) is 5.75 Å². The predicted molar refractivity (Wildman–Crippen MR) is 68.0 cm³/mol. The minimum absolute atomic E-state index is 0.0691. The molecule has 2 aliphatic heterocycles. The molecule has 0 amide bonds. The van der Waals surface area contributed by atoms with Crippen molar-refractivity contribution in [3.05, 3.63) is 23.8 Å². The fourth-order valence-electron chi connectivity index (χ4n) is 3.09. The third-order valence-electron chi connectivity index (χ3n) is 4.06. The Morgan fingerprint density at radius 2 is 2.29 bits per heavy atom. The third-order valence-corrected chi connectivity index (χ3v) is 4.06. The van der Waals surface area contributed by atoms with Crippen LogP contribution in [0, 0.1) is 5.92 Å². The van der Waals surface area contributed by atoms with Gasteiger partial charge in [-0.2, -0.15) is 0 Å². The summed E-state index contributed by atoms with van der Waals surface area (Å²) < 4.78 is 0. The van der Waals surface area contributed by atoms with E-state index in [-0.39, 0.29) is 6.04 Å². The smallest absolute Gasteiger partial charge is 0.117 e. The van der Waals surface area contributed by atoms with Crippen molar-refractivity contribution in [1.82, 2.24) is 4.90 Å². The Bertz CT molecular complexity index is 435. The number of phenols is 1. The highest BCUT2D eigenvalue weighted by Crippen LogP contribution is 2.39. The number of likely N-dealkylation sites (tertiary alicyclic amines) is 1. The second kappa shape index (κ2) is 3.89. The average Bonchev–Trinajstić information content (AvgIpc) is 2.30. The van der Waals surface area contributed by atoms with Gasteiger partial charge in [0.1, 0.15) is 5.75 Å². The Hall–Kier alpha value is -1.26. The Morgan fingerprint density at radius 1 is 1.47 bits per heavy atom. The summed E-state index contributed by atoms with van der Waals surface area (Å²) in [6, 6.07) is 5.94. The van der Waals surface area contributed by atoms with Gasteiger partial charge in [0.2, 0.25) is 0 Å². The molecule has 3 rings (SSSR count). The maximum absolute atomic E-state index is 9.52. The number of hydrogen-bond donors (Lipinski definition) is 3. The molecule has 3 atom stereocenters. The van der Waals surface area contributed by atoms with Crippen molar-refractivity contribution in [3.8, 4) is 5.75 Å². The molecule has 1 fully saturated rings. The molecule has 1 aromatic rings. The number of fused-ring (bicyclic) bond motifs is 2. The zero-order chi connectivity index (χ0) is 12.0. The number of phenolic OH excluding ortho intramolecular Hbond substituents is 1. The van der Waals surface area contributed by atoms with Crippen LogP contribution in [0.1, 0.15) is 18.0 Å². The number of piperidine rings is 1. The molecule has 2 aliphatic rings. The zero-order valence-corrected chi connectivity index (χ0v) is 10.1. The zero-order valence-electron chi connectivity index (χ0n) is 10.1. The van der Waals surface area contributed by atoms with Crippen molar-refractivity contribution < 1.29 is 5.11 Å². The maximum atomic E-state index is 9.52. The molecule has 0 aromatic heterocycles. The highest BCUT2D eigenvalue weighted by molar-refractivity contribution is 5.59. The Morgan fingerprint density at radius 3 is 3.12 bits per heavy atom. The van der Waals surface area contributed by atoms with E-state index < -0.39 is 0 Å². The van der Waals surface area contributed by atoms with E-state index in [0.717, 1.165) is 30.8 Å². The van der Waals surface area contributed by atoms with Crippen molar-refractivity contribution in [3.63, 3.8) is 0 Å². The fourth-order valence-corrected chi connectivity index (χ4v) is 3.09. The highest BCUT2D eigenvalue weighted by atomic mass is 16.3. The van der Waals surface area contributed by atoms with E-state index in [1.54, 1.807) is 12.1 Å². The number of aromatic hydroxyl groups is 1. The van der Waals surface area contributed by atoms with Gasteiger partial charge >= 0.3 is 0 Å². The van der Waals surface area contributed by atoms with E-state index in [2.05, 4.69) is 17.3 Å². The van der Waals surface area contributed by atoms with Crippen molar-refractivity contribution in [2.75, 3.05) is 25.5 Å². The highest BCUT2D eigenvalue weighted by Gasteiger charge is 2.37. The summed E-state index contributed by atoms with van der Waals surface area (Å²) in [6.45, 7) is 2.15. The van der Waals surface area contributed by atoms with E-state index >= 15 is 0 Å². The first-order chi connectivity index (χ1) is 8.15. The summed E-state index contributed by atoms with van der Waals surface area (Å²) in [7, 11) is 2.15. The first-order valence-corrected chi connectivity index (χ1v) is 6.19. The normalized spacial score (nSPS) is 32.5. The van der Waals surface area contributed by atoms with E-state index in [4.69, 9.17) is 5.73 Å². The minimum atomic E-state index is 0.0691. The molecule has 4 nitrogen and oxygen atoms in total. The van der Waals surface area contributed by atoms with Gasteiger partial charge in [0.15, 0.2) is 0 Å². The van der Waals surface area contributed by atoms with Gasteiger partial charge in [-0.15, -0.1) is 0 Å². The van der Waals surface area contributed by atoms with Crippen LogP contribution in [-0.4, -0.2) is 36.2 Å². The van der Waals surface area contributed by atoms with Crippen LogP contribution in [0.15, 0.2) is 18.2 Å². The number of nitrogens with one attached hydrogen (secondary N) is 1. The van der Waals surface area contributed by atoms with E-state index in [1.165, 1.54) is 0 Å². The molecule has 4 N–H and O–H groups in total. The second-order valence-corrected chi connectivity index (χ2v) is 5.26. The van der Waals surface area contributed by atoms with Gasteiger partial charge in [-0.1, -0.05) is 6.07 Å². The SMILES string of the molecule is CN1CCC2Nc3cc(O)ccc3C(N)C2C1. The number of nitrogens with zero attached hydrogens (tertiary/aromatic N) is 1. The summed E-state index contributed by atoms with van der Waals surface area (Å²) in [6.07, 6.45) is 1.12. The summed E-state index contributed by atoms with van der Waals surface area (Å²) in [5.74, 6) is 0.764. The standard InChI is InChI=1S/C13H19N3O/c1-16-5-4-11-10(7-16)13(14)9-3-2-8(17)6-12(9)15-11/h2-3,6,10-11,13,15,17H,4-5,7,14H2,1H3. The number of rotatable bonds is 0. The molecule has 0 aliphatic carbocycles. The minimum Gasteiger partial charge on any atom is -0.508 e. The molecule has 0 radical (unpaired) electrons. The van der Waals surface area contributed by atoms with Crippen molar-refractivity contribution in [2.45, 2.75) is 18.5 Å². The molecule has 17 heavy (non-hydrogen) atoms. The number of nitrogens with two attached hydrogens (primary N) is 1. The van der Waals surface area contributed by atoms with Gasteiger partial charge in [-0.25, -0.2) is 0 Å². The second-order valence-electron chi connectivity index (χ2n) is 5.26. The van der Waals surface area contributed by atoms with Gasteiger partial charge in [0.25, 0.3) is 0 Å². The first-order valence-electron chi connectivity index (χ1n) is 6.19. The largest absolute Gasteiger partial charge is 0.508 e. The molecule has 2 heterocycles. The molecule has 1 aromatic carbocycles. The average molecular weight is 233 g/mol. The van der Waals surface area contributed by atoms with Crippen molar-refractivity contribution >= 4 is 5.69 Å². The molecular weight excluding hydrogens is 214 g/mol. The quantitative estimate of drug-likeness (QED) is 0.629. The summed E-state index contributed by atoms with van der Waals surface area (Å²) in [5, 5.41) is 13.0. The number of benzene rings is 1. The van der Waals surface area contributed by atoms with E-state index in [9.17, 15) is 5.11 Å². The Kier molecular flexibility index (Phi) is 2.49. The van der Waals surface area contributed by atoms with Crippen molar-refractivity contribution in [1.29, 1.82) is 0 Å². The van der Waals surface area contributed by atoms with Crippen LogP contribution < -0.4 is 11.1 Å². The number of hydrogen-bond acceptors (Lipinski definition) is 4. The number of anilines is 1. The van der Waals surface area contributed by atoms with Crippen LogP contribution in [0.4, 0.5) is 5.69 Å². The maximum Gasteiger partial charge on any atom is 0.117 e. The lowest BCUT2D eigenvalue weighted by atomic mass is 9.79. The first kappa shape index (κ1) is 10.9. The molecular formula is C13H19N3O.